The van der Waals surface area contributed by atoms with Crippen LogP contribution in [-0.4, -0.2) is 30.3 Å². The summed E-state index contributed by atoms with van der Waals surface area (Å²) in [5, 5.41) is 6.34. The van der Waals surface area contributed by atoms with Crippen molar-refractivity contribution in [1.29, 1.82) is 0 Å². The highest BCUT2D eigenvalue weighted by Gasteiger charge is 2.46. The van der Waals surface area contributed by atoms with Crippen molar-refractivity contribution in [3.63, 3.8) is 0 Å². The van der Waals surface area contributed by atoms with Gasteiger partial charge in [0, 0.05) is 19.0 Å². The highest BCUT2D eigenvalue weighted by atomic mass is 19.2. The summed E-state index contributed by atoms with van der Waals surface area (Å²) in [7, 11) is 0. The number of rotatable bonds is 4. The maximum atomic E-state index is 13.9. The van der Waals surface area contributed by atoms with E-state index < -0.39 is 28.9 Å². The number of carbonyl (C=O) groups is 1. The summed E-state index contributed by atoms with van der Waals surface area (Å²) >= 11 is 0. The zero-order valence-electron chi connectivity index (χ0n) is 16.4. The van der Waals surface area contributed by atoms with Gasteiger partial charge >= 0.3 is 6.09 Å². The second kappa shape index (κ2) is 7.87. The van der Waals surface area contributed by atoms with Gasteiger partial charge in [0.05, 0.1) is 5.54 Å². The SMILES string of the molecule is CC(C)(C)OC(=O)N[C@]1(Cc2ccccc2)CNC[C@H]1c1ccc(F)c(F)c1. The summed E-state index contributed by atoms with van der Waals surface area (Å²) in [6, 6.07) is 13.7. The van der Waals surface area contributed by atoms with Gasteiger partial charge in [-0.3, -0.25) is 0 Å². The summed E-state index contributed by atoms with van der Waals surface area (Å²) in [6.45, 7) is 6.43. The lowest BCUT2D eigenvalue weighted by Gasteiger charge is -2.37. The van der Waals surface area contributed by atoms with Crippen LogP contribution in [0, 0.1) is 11.6 Å². The second-order valence-electron chi connectivity index (χ2n) is 8.30. The normalized spacial score (nSPS) is 22.1. The fourth-order valence-electron chi connectivity index (χ4n) is 3.75. The van der Waals surface area contributed by atoms with Gasteiger partial charge in [0.1, 0.15) is 5.60 Å². The third-order valence-corrected chi connectivity index (χ3v) is 4.91. The van der Waals surface area contributed by atoms with Crippen LogP contribution in [0.25, 0.3) is 0 Å². The Kier molecular flexibility index (Phi) is 5.70. The molecule has 3 rings (SSSR count). The molecule has 4 nitrogen and oxygen atoms in total. The Balaban J connectivity index is 1.96. The average molecular weight is 388 g/mol. The third-order valence-electron chi connectivity index (χ3n) is 4.91. The first-order valence-corrected chi connectivity index (χ1v) is 9.39. The van der Waals surface area contributed by atoms with E-state index in [1.54, 1.807) is 26.8 Å². The molecule has 28 heavy (non-hydrogen) atoms. The molecule has 1 aliphatic heterocycles. The quantitative estimate of drug-likeness (QED) is 0.827. The third kappa shape index (κ3) is 4.68. The predicted molar refractivity (Wildman–Crippen MR) is 104 cm³/mol. The minimum Gasteiger partial charge on any atom is -0.444 e. The fourth-order valence-corrected chi connectivity index (χ4v) is 3.75. The highest BCUT2D eigenvalue weighted by molar-refractivity contribution is 5.69. The molecule has 6 heteroatoms. The van der Waals surface area contributed by atoms with E-state index >= 15 is 0 Å². The van der Waals surface area contributed by atoms with E-state index in [0.717, 1.165) is 11.6 Å². The molecule has 0 aliphatic carbocycles. The Morgan fingerprint density at radius 1 is 1.18 bits per heavy atom. The van der Waals surface area contributed by atoms with Crippen LogP contribution >= 0.6 is 0 Å². The smallest absolute Gasteiger partial charge is 0.408 e. The molecule has 2 aromatic carbocycles. The first kappa shape index (κ1) is 20.3. The van der Waals surface area contributed by atoms with E-state index in [9.17, 15) is 13.6 Å². The molecule has 0 bridgehead atoms. The number of nitrogens with one attached hydrogen (secondary N) is 2. The number of amides is 1. The van der Waals surface area contributed by atoms with E-state index in [-0.39, 0.29) is 5.92 Å². The first-order chi connectivity index (χ1) is 13.2. The number of carbonyl (C=O) groups excluding carboxylic acids is 1. The first-order valence-electron chi connectivity index (χ1n) is 9.39. The van der Waals surface area contributed by atoms with Crippen molar-refractivity contribution in [1.82, 2.24) is 10.6 Å². The van der Waals surface area contributed by atoms with Gasteiger partial charge in [-0.05, 0) is 50.5 Å². The van der Waals surface area contributed by atoms with Gasteiger partial charge in [0.15, 0.2) is 11.6 Å². The number of benzene rings is 2. The number of hydrogen-bond acceptors (Lipinski definition) is 3. The number of hydrogen-bond donors (Lipinski definition) is 2. The van der Waals surface area contributed by atoms with Crippen LogP contribution in [0.2, 0.25) is 0 Å². The topological polar surface area (TPSA) is 50.4 Å². The molecule has 0 radical (unpaired) electrons. The standard InChI is InChI=1S/C22H26F2N2O2/c1-21(2,3)28-20(27)26-22(12-15-7-5-4-6-8-15)14-25-13-17(22)16-9-10-18(23)19(24)11-16/h4-11,17,25H,12-14H2,1-3H3,(H,26,27)/t17-,22+/m0/s1. The van der Waals surface area contributed by atoms with Crippen molar-refractivity contribution in [3.8, 4) is 0 Å². The van der Waals surface area contributed by atoms with E-state index in [1.807, 2.05) is 30.3 Å². The Bertz CT molecular complexity index is 836. The van der Waals surface area contributed by atoms with Gasteiger partial charge in [0.2, 0.25) is 0 Å². The molecule has 2 atom stereocenters. The maximum Gasteiger partial charge on any atom is 0.408 e. The molecule has 0 aromatic heterocycles. The van der Waals surface area contributed by atoms with E-state index in [1.165, 1.54) is 6.07 Å². The molecular weight excluding hydrogens is 362 g/mol. The predicted octanol–water partition coefficient (Wildman–Crippen LogP) is 4.16. The molecule has 1 fully saturated rings. The van der Waals surface area contributed by atoms with Crippen molar-refractivity contribution in [3.05, 3.63) is 71.3 Å². The second-order valence-corrected chi connectivity index (χ2v) is 8.30. The summed E-state index contributed by atoms with van der Waals surface area (Å²) < 4.78 is 32.8. The fraction of sp³-hybridized carbons (Fsp3) is 0.409. The molecule has 0 spiro atoms. The van der Waals surface area contributed by atoms with Crippen LogP contribution in [0.1, 0.15) is 37.8 Å². The molecule has 1 amide bonds. The number of halogens is 2. The molecule has 1 saturated heterocycles. The minimum absolute atomic E-state index is 0.240. The Morgan fingerprint density at radius 2 is 1.89 bits per heavy atom. The van der Waals surface area contributed by atoms with Crippen LogP contribution in [0.5, 0.6) is 0 Å². The van der Waals surface area contributed by atoms with Crippen molar-refractivity contribution >= 4 is 6.09 Å². The van der Waals surface area contributed by atoms with Crippen molar-refractivity contribution in [2.75, 3.05) is 13.1 Å². The van der Waals surface area contributed by atoms with Crippen LogP contribution in [-0.2, 0) is 11.2 Å². The van der Waals surface area contributed by atoms with Gasteiger partial charge in [0.25, 0.3) is 0 Å². The van der Waals surface area contributed by atoms with Gasteiger partial charge < -0.3 is 15.4 Å². The summed E-state index contributed by atoms with van der Waals surface area (Å²) in [5.41, 5.74) is 0.306. The lowest BCUT2D eigenvalue weighted by molar-refractivity contribution is 0.0453. The maximum absolute atomic E-state index is 13.9. The van der Waals surface area contributed by atoms with Gasteiger partial charge in [-0.15, -0.1) is 0 Å². The molecule has 1 aliphatic rings. The average Bonchev–Trinajstić information content (AvgIpc) is 2.99. The van der Waals surface area contributed by atoms with E-state index in [0.29, 0.717) is 25.1 Å². The number of ether oxygens (including phenoxy) is 1. The molecule has 150 valence electrons. The van der Waals surface area contributed by atoms with Crippen molar-refractivity contribution in [2.24, 2.45) is 0 Å². The van der Waals surface area contributed by atoms with Crippen molar-refractivity contribution in [2.45, 2.75) is 44.2 Å². The number of alkyl carbamates (subject to hydrolysis) is 1. The van der Waals surface area contributed by atoms with Crippen molar-refractivity contribution < 1.29 is 18.3 Å². The zero-order chi connectivity index (χ0) is 20.4. The van der Waals surface area contributed by atoms with E-state index in [4.69, 9.17) is 4.74 Å². The lowest BCUT2D eigenvalue weighted by Crippen LogP contribution is -2.56. The Labute approximate surface area is 164 Å². The van der Waals surface area contributed by atoms with Gasteiger partial charge in [-0.2, -0.15) is 0 Å². The Hall–Kier alpha value is -2.47. The summed E-state index contributed by atoms with van der Waals surface area (Å²) in [5.74, 6) is -2.02. The van der Waals surface area contributed by atoms with Crippen LogP contribution in [0.3, 0.4) is 0 Å². The molecular formula is C22H26F2N2O2. The van der Waals surface area contributed by atoms with E-state index in [2.05, 4.69) is 10.6 Å². The monoisotopic (exact) mass is 388 g/mol. The highest BCUT2D eigenvalue weighted by Crippen LogP contribution is 2.35. The molecule has 0 saturated carbocycles. The zero-order valence-corrected chi connectivity index (χ0v) is 16.4. The van der Waals surface area contributed by atoms with Crippen LogP contribution < -0.4 is 10.6 Å². The summed E-state index contributed by atoms with van der Waals surface area (Å²) in [4.78, 5) is 12.6. The van der Waals surface area contributed by atoms with Gasteiger partial charge in [-0.25, -0.2) is 13.6 Å². The molecule has 2 N–H and O–H groups in total. The van der Waals surface area contributed by atoms with Crippen LogP contribution in [0.15, 0.2) is 48.5 Å². The van der Waals surface area contributed by atoms with Crippen LogP contribution in [0.4, 0.5) is 13.6 Å². The largest absolute Gasteiger partial charge is 0.444 e. The molecule has 2 aromatic rings. The summed E-state index contributed by atoms with van der Waals surface area (Å²) in [6.07, 6.45) is 0.00345. The van der Waals surface area contributed by atoms with Gasteiger partial charge in [-0.1, -0.05) is 36.4 Å². The minimum atomic E-state index is -0.893. The lowest BCUT2D eigenvalue weighted by atomic mass is 9.77. The Morgan fingerprint density at radius 3 is 2.54 bits per heavy atom. The molecule has 1 heterocycles. The molecule has 0 unspecified atom stereocenters.